The van der Waals surface area contributed by atoms with Crippen molar-refractivity contribution in [2.45, 2.75) is 33.7 Å². The summed E-state index contributed by atoms with van der Waals surface area (Å²) in [4.78, 5) is 37.0. The second-order valence-corrected chi connectivity index (χ2v) is 6.85. The Balaban J connectivity index is 1.80. The fourth-order valence-corrected chi connectivity index (χ4v) is 3.20. The predicted octanol–water partition coefficient (Wildman–Crippen LogP) is 1.45. The standard InChI is InChI=1S/C17H26N6O3/c1-5-26-17(25)23-8-6-22(7-9-23)15-13-14(18-11(4)19-15)20-12(10(2)3)16(24)21-13/h10,12H,5-9H2,1-4H3,(H,21,24)(H,18,19,20). The average molecular weight is 362 g/mol. The maximum Gasteiger partial charge on any atom is 0.409 e. The molecule has 1 aromatic rings. The van der Waals surface area contributed by atoms with Gasteiger partial charge in [0.15, 0.2) is 11.6 Å². The summed E-state index contributed by atoms with van der Waals surface area (Å²) in [7, 11) is 0. The van der Waals surface area contributed by atoms with Crippen molar-refractivity contribution in [2.24, 2.45) is 5.92 Å². The number of aryl methyl sites for hydroxylation is 1. The van der Waals surface area contributed by atoms with Gasteiger partial charge < -0.3 is 25.2 Å². The first-order chi connectivity index (χ1) is 12.4. The van der Waals surface area contributed by atoms with E-state index in [1.165, 1.54) is 0 Å². The number of hydrogen-bond donors (Lipinski definition) is 2. The molecule has 1 fully saturated rings. The molecule has 3 heterocycles. The third kappa shape index (κ3) is 3.51. The molecule has 2 aliphatic heterocycles. The number of aromatic nitrogens is 2. The molecule has 1 atom stereocenters. The molecule has 0 aromatic carbocycles. The molecule has 9 nitrogen and oxygen atoms in total. The van der Waals surface area contributed by atoms with Crippen molar-refractivity contribution in [1.29, 1.82) is 0 Å². The Kier molecular flexibility index (Phi) is 5.15. The van der Waals surface area contributed by atoms with Gasteiger partial charge in [0, 0.05) is 26.2 Å². The van der Waals surface area contributed by atoms with Crippen LogP contribution in [0.15, 0.2) is 0 Å². The lowest BCUT2D eigenvalue weighted by Gasteiger charge is -2.37. The Labute approximate surface area is 153 Å². The molecular weight excluding hydrogens is 336 g/mol. The van der Waals surface area contributed by atoms with E-state index >= 15 is 0 Å². The fourth-order valence-electron chi connectivity index (χ4n) is 3.20. The van der Waals surface area contributed by atoms with Gasteiger partial charge in [0.2, 0.25) is 5.91 Å². The number of ether oxygens (including phenoxy) is 1. The van der Waals surface area contributed by atoms with Crippen molar-refractivity contribution >= 4 is 29.3 Å². The van der Waals surface area contributed by atoms with Crippen LogP contribution in [0.25, 0.3) is 0 Å². The van der Waals surface area contributed by atoms with Gasteiger partial charge in [-0.15, -0.1) is 0 Å². The molecule has 2 aliphatic rings. The summed E-state index contributed by atoms with van der Waals surface area (Å²) in [5.74, 6) is 2.05. The maximum absolute atomic E-state index is 12.4. The second kappa shape index (κ2) is 7.35. The third-order valence-electron chi connectivity index (χ3n) is 4.60. The SMILES string of the molecule is CCOC(=O)N1CCN(c2nc(C)nc3c2NC(=O)C(C(C)C)N3)CC1. The molecule has 3 rings (SSSR count). The van der Waals surface area contributed by atoms with Crippen molar-refractivity contribution in [1.82, 2.24) is 14.9 Å². The van der Waals surface area contributed by atoms with E-state index in [1.54, 1.807) is 11.8 Å². The van der Waals surface area contributed by atoms with Gasteiger partial charge in [-0.25, -0.2) is 14.8 Å². The molecular formula is C17H26N6O3. The number of nitrogens with one attached hydrogen (secondary N) is 2. The Morgan fingerprint density at radius 2 is 1.96 bits per heavy atom. The summed E-state index contributed by atoms with van der Waals surface area (Å²) in [5, 5.41) is 6.20. The minimum atomic E-state index is -0.315. The van der Waals surface area contributed by atoms with Gasteiger partial charge in [0.25, 0.3) is 0 Å². The zero-order valence-corrected chi connectivity index (χ0v) is 15.7. The third-order valence-corrected chi connectivity index (χ3v) is 4.60. The molecule has 2 amide bonds. The van der Waals surface area contributed by atoms with Crippen LogP contribution in [0.2, 0.25) is 0 Å². The molecule has 1 saturated heterocycles. The van der Waals surface area contributed by atoms with E-state index in [2.05, 4.69) is 25.5 Å². The molecule has 1 aromatic heterocycles. The molecule has 1 unspecified atom stereocenters. The zero-order chi connectivity index (χ0) is 18.8. The van der Waals surface area contributed by atoms with E-state index in [9.17, 15) is 9.59 Å². The van der Waals surface area contributed by atoms with Crippen LogP contribution < -0.4 is 15.5 Å². The van der Waals surface area contributed by atoms with Crippen LogP contribution in [0.1, 0.15) is 26.6 Å². The predicted molar refractivity (Wildman–Crippen MR) is 98.5 cm³/mol. The lowest BCUT2D eigenvalue weighted by atomic mass is 10.0. The smallest absolute Gasteiger partial charge is 0.409 e. The van der Waals surface area contributed by atoms with Crippen LogP contribution in [-0.2, 0) is 9.53 Å². The van der Waals surface area contributed by atoms with Gasteiger partial charge in [-0.05, 0) is 19.8 Å². The number of fused-ring (bicyclic) bond motifs is 1. The minimum absolute atomic E-state index is 0.0774. The minimum Gasteiger partial charge on any atom is -0.450 e. The zero-order valence-electron chi connectivity index (χ0n) is 15.7. The van der Waals surface area contributed by atoms with E-state index in [1.807, 2.05) is 20.8 Å². The topological polar surface area (TPSA) is 99.7 Å². The summed E-state index contributed by atoms with van der Waals surface area (Å²) < 4.78 is 5.06. The first-order valence-corrected chi connectivity index (χ1v) is 9.03. The summed E-state index contributed by atoms with van der Waals surface area (Å²) >= 11 is 0. The Morgan fingerprint density at radius 1 is 1.27 bits per heavy atom. The van der Waals surface area contributed by atoms with Crippen LogP contribution >= 0.6 is 0 Å². The number of nitrogens with zero attached hydrogens (tertiary/aromatic N) is 4. The monoisotopic (exact) mass is 362 g/mol. The van der Waals surface area contributed by atoms with Crippen molar-refractivity contribution in [3.8, 4) is 0 Å². The van der Waals surface area contributed by atoms with Crippen molar-refractivity contribution in [3.05, 3.63) is 5.82 Å². The first kappa shape index (κ1) is 18.2. The van der Waals surface area contributed by atoms with Gasteiger partial charge >= 0.3 is 6.09 Å². The Bertz CT molecular complexity index is 700. The number of amides is 2. The van der Waals surface area contributed by atoms with Crippen LogP contribution in [0.5, 0.6) is 0 Å². The Hall–Kier alpha value is -2.58. The highest BCUT2D eigenvalue weighted by Crippen LogP contribution is 2.35. The highest BCUT2D eigenvalue weighted by Gasteiger charge is 2.33. The van der Waals surface area contributed by atoms with Crippen LogP contribution in [0.4, 0.5) is 22.1 Å². The maximum atomic E-state index is 12.4. The quantitative estimate of drug-likeness (QED) is 0.839. The summed E-state index contributed by atoms with van der Waals surface area (Å²) in [5.41, 5.74) is 0.613. The van der Waals surface area contributed by atoms with Gasteiger partial charge in [-0.3, -0.25) is 4.79 Å². The summed E-state index contributed by atoms with van der Waals surface area (Å²) in [6.45, 7) is 10.3. The van der Waals surface area contributed by atoms with Gasteiger partial charge in [0.1, 0.15) is 17.6 Å². The van der Waals surface area contributed by atoms with Gasteiger partial charge in [-0.2, -0.15) is 0 Å². The molecule has 0 radical (unpaired) electrons. The molecule has 2 N–H and O–H groups in total. The number of anilines is 3. The molecule has 0 bridgehead atoms. The number of rotatable bonds is 3. The number of carbonyl (C=O) groups is 2. The largest absolute Gasteiger partial charge is 0.450 e. The molecule has 142 valence electrons. The highest BCUT2D eigenvalue weighted by atomic mass is 16.6. The first-order valence-electron chi connectivity index (χ1n) is 9.03. The number of piperazine rings is 1. The summed E-state index contributed by atoms with van der Waals surface area (Å²) in [6.07, 6.45) is -0.289. The van der Waals surface area contributed by atoms with E-state index < -0.39 is 0 Å². The van der Waals surface area contributed by atoms with Gasteiger partial charge in [0.05, 0.1) is 6.61 Å². The van der Waals surface area contributed by atoms with E-state index in [0.717, 1.165) is 0 Å². The molecule has 0 saturated carbocycles. The van der Waals surface area contributed by atoms with E-state index in [-0.39, 0.29) is 24.0 Å². The van der Waals surface area contributed by atoms with Gasteiger partial charge in [-0.1, -0.05) is 13.8 Å². The molecule has 9 heteroatoms. The number of carbonyl (C=O) groups excluding carboxylic acids is 2. The van der Waals surface area contributed by atoms with E-state index in [4.69, 9.17) is 4.74 Å². The lowest BCUT2D eigenvalue weighted by molar-refractivity contribution is -0.117. The van der Waals surface area contributed by atoms with Crippen LogP contribution in [0.3, 0.4) is 0 Å². The Morgan fingerprint density at radius 3 is 2.58 bits per heavy atom. The van der Waals surface area contributed by atoms with Crippen LogP contribution in [0, 0.1) is 12.8 Å². The molecule has 26 heavy (non-hydrogen) atoms. The van der Waals surface area contributed by atoms with E-state index in [0.29, 0.717) is 55.9 Å². The molecule has 0 spiro atoms. The lowest BCUT2D eigenvalue weighted by Crippen LogP contribution is -2.50. The van der Waals surface area contributed by atoms with Crippen molar-refractivity contribution in [3.63, 3.8) is 0 Å². The average Bonchev–Trinajstić information content (AvgIpc) is 2.61. The number of hydrogen-bond acceptors (Lipinski definition) is 7. The second-order valence-electron chi connectivity index (χ2n) is 6.85. The van der Waals surface area contributed by atoms with Crippen molar-refractivity contribution in [2.75, 3.05) is 48.3 Å². The fraction of sp³-hybridized carbons (Fsp3) is 0.647. The normalized spacial score (nSPS) is 19.7. The summed E-state index contributed by atoms with van der Waals surface area (Å²) in [6, 6.07) is -0.315. The molecule has 0 aliphatic carbocycles. The highest BCUT2D eigenvalue weighted by molar-refractivity contribution is 6.05. The van der Waals surface area contributed by atoms with Crippen LogP contribution in [-0.4, -0.2) is 65.7 Å². The van der Waals surface area contributed by atoms with Crippen molar-refractivity contribution < 1.29 is 14.3 Å².